The van der Waals surface area contributed by atoms with E-state index in [1.54, 1.807) is 11.3 Å². The van der Waals surface area contributed by atoms with E-state index in [4.69, 9.17) is 0 Å². The van der Waals surface area contributed by atoms with E-state index in [-0.39, 0.29) is 0 Å². The van der Waals surface area contributed by atoms with E-state index in [0.717, 1.165) is 17.2 Å². The van der Waals surface area contributed by atoms with E-state index in [0.29, 0.717) is 6.04 Å². The molecule has 104 valence electrons. The first-order valence-corrected chi connectivity index (χ1v) is 7.51. The Kier molecular flexibility index (Phi) is 4.11. The lowest BCUT2D eigenvalue weighted by atomic mass is 10.2. The van der Waals surface area contributed by atoms with E-state index in [1.807, 2.05) is 0 Å². The molecule has 0 saturated carbocycles. The van der Waals surface area contributed by atoms with Gasteiger partial charge in [0.1, 0.15) is 0 Å². The van der Waals surface area contributed by atoms with Gasteiger partial charge in [0.2, 0.25) is 0 Å². The minimum Gasteiger partial charge on any atom is -0.352 e. The molecule has 0 bridgehead atoms. The summed E-state index contributed by atoms with van der Waals surface area (Å²) in [6.07, 6.45) is 0. The highest BCUT2D eigenvalue weighted by atomic mass is 32.1. The first-order chi connectivity index (χ1) is 8.90. The van der Waals surface area contributed by atoms with E-state index in [2.05, 4.69) is 62.6 Å². The van der Waals surface area contributed by atoms with Gasteiger partial charge >= 0.3 is 0 Å². The van der Waals surface area contributed by atoms with Crippen molar-refractivity contribution in [1.29, 1.82) is 0 Å². The lowest BCUT2D eigenvalue weighted by Gasteiger charge is -2.13. The van der Waals surface area contributed by atoms with Gasteiger partial charge in [-0.05, 0) is 46.2 Å². The zero-order valence-corrected chi connectivity index (χ0v) is 13.5. The van der Waals surface area contributed by atoms with Gasteiger partial charge in [-0.3, -0.25) is 0 Å². The van der Waals surface area contributed by atoms with Crippen molar-refractivity contribution in [3.05, 3.63) is 38.6 Å². The molecule has 0 saturated heterocycles. The summed E-state index contributed by atoms with van der Waals surface area (Å²) >= 11 is 1.79. The van der Waals surface area contributed by atoms with Crippen LogP contribution in [0.3, 0.4) is 0 Å². The highest BCUT2D eigenvalue weighted by molar-refractivity contribution is 7.11. The van der Waals surface area contributed by atoms with E-state index in [1.165, 1.54) is 21.8 Å². The molecule has 0 amide bonds. The summed E-state index contributed by atoms with van der Waals surface area (Å²) in [6, 6.07) is 2.62. The standard InChI is InChI=1S/C15H23N3S/c1-9-7-14(12(4)18(9)6)8-16-10(2)15-11(3)17-13(5)19-15/h7,10,16H,8H2,1-6H3. The fourth-order valence-corrected chi connectivity index (χ4v) is 3.37. The Balaban J connectivity index is 2.06. The molecule has 0 aromatic carbocycles. The molecule has 0 aliphatic carbocycles. The maximum atomic E-state index is 4.50. The molecule has 19 heavy (non-hydrogen) atoms. The van der Waals surface area contributed by atoms with Gasteiger partial charge in [-0.2, -0.15) is 0 Å². The normalized spacial score (nSPS) is 12.9. The number of hydrogen-bond acceptors (Lipinski definition) is 3. The largest absolute Gasteiger partial charge is 0.352 e. The molecule has 0 fully saturated rings. The van der Waals surface area contributed by atoms with E-state index >= 15 is 0 Å². The molecule has 3 nitrogen and oxygen atoms in total. The summed E-state index contributed by atoms with van der Waals surface area (Å²) in [6.45, 7) is 11.6. The molecule has 0 aliphatic rings. The van der Waals surface area contributed by atoms with Crippen LogP contribution in [0.1, 0.15) is 45.5 Å². The highest BCUT2D eigenvalue weighted by Gasteiger charge is 2.13. The van der Waals surface area contributed by atoms with Gasteiger partial charge in [0.25, 0.3) is 0 Å². The van der Waals surface area contributed by atoms with Gasteiger partial charge in [0.05, 0.1) is 10.7 Å². The molecular weight excluding hydrogens is 254 g/mol. The molecule has 1 atom stereocenters. The fourth-order valence-electron chi connectivity index (χ4n) is 2.42. The topological polar surface area (TPSA) is 29.9 Å². The number of aryl methyl sites for hydroxylation is 3. The molecular formula is C15H23N3S. The second kappa shape index (κ2) is 5.47. The SMILES string of the molecule is Cc1nc(C)c(C(C)NCc2cc(C)n(C)c2C)s1. The van der Waals surface area contributed by atoms with Crippen LogP contribution in [-0.2, 0) is 13.6 Å². The summed E-state index contributed by atoms with van der Waals surface area (Å²) in [5, 5.41) is 4.75. The number of nitrogens with one attached hydrogen (secondary N) is 1. The second-order valence-corrected chi connectivity index (χ2v) is 6.48. The average Bonchev–Trinajstić information content (AvgIpc) is 2.81. The molecule has 1 unspecified atom stereocenters. The third kappa shape index (κ3) is 2.90. The summed E-state index contributed by atoms with van der Waals surface area (Å²) in [7, 11) is 2.12. The number of rotatable bonds is 4. The zero-order valence-electron chi connectivity index (χ0n) is 12.7. The van der Waals surface area contributed by atoms with Crippen LogP contribution < -0.4 is 5.32 Å². The van der Waals surface area contributed by atoms with E-state index in [9.17, 15) is 0 Å². The molecule has 1 N–H and O–H groups in total. The molecule has 2 rings (SSSR count). The average molecular weight is 277 g/mol. The quantitative estimate of drug-likeness (QED) is 0.926. The van der Waals surface area contributed by atoms with Crippen LogP contribution in [0, 0.1) is 27.7 Å². The Morgan fingerprint density at radius 2 is 2.00 bits per heavy atom. The predicted octanol–water partition coefficient (Wildman–Crippen LogP) is 3.57. The molecule has 2 aromatic rings. The maximum absolute atomic E-state index is 4.50. The number of thiazole rings is 1. The van der Waals surface area contributed by atoms with Crippen molar-refractivity contribution in [2.24, 2.45) is 7.05 Å². The van der Waals surface area contributed by atoms with Crippen molar-refractivity contribution >= 4 is 11.3 Å². The Hall–Kier alpha value is -1.13. The summed E-state index contributed by atoms with van der Waals surface area (Å²) in [4.78, 5) is 5.85. The zero-order chi connectivity index (χ0) is 14.2. The van der Waals surface area contributed by atoms with Gasteiger partial charge in [-0.15, -0.1) is 11.3 Å². The van der Waals surface area contributed by atoms with Crippen molar-refractivity contribution < 1.29 is 0 Å². The van der Waals surface area contributed by atoms with Crippen molar-refractivity contribution in [2.75, 3.05) is 0 Å². The summed E-state index contributed by atoms with van der Waals surface area (Å²) < 4.78 is 2.24. The van der Waals surface area contributed by atoms with Gasteiger partial charge in [-0.25, -0.2) is 4.98 Å². The van der Waals surface area contributed by atoms with Crippen molar-refractivity contribution in [3.8, 4) is 0 Å². The van der Waals surface area contributed by atoms with Crippen molar-refractivity contribution in [1.82, 2.24) is 14.9 Å². The van der Waals surface area contributed by atoms with Crippen LogP contribution in [0.2, 0.25) is 0 Å². The molecule has 0 aliphatic heterocycles. The summed E-state index contributed by atoms with van der Waals surface area (Å²) in [5.74, 6) is 0. The van der Waals surface area contributed by atoms with Crippen LogP contribution in [0.25, 0.3) is 0 Å². The first kappa shape index (κ1) is 14.3. The van der Waals surface area contributed by atoms with Crippen LogP contribution >= 0.6 is 11.3 Å². The molecule has 2 aromatic heterocycles. The van der Waals surface area contributed by atoms with E-state index < -0.39 is 0 Å². The molecule has 0 spiro atoms. The molecule has 0 radical (unpaired) electrons. The van der Waals surface area contributed by atoms with Crippen LogP contribution in [0.15, 0.2) is 6.07 Å². The first-order valence-electron chi connectivity index (χ1n) is 6.69. The monoisotopic (exact) mass is 277 g/mol. The fraction of sp³-hybridized carbons (Fsp3) is 0.533. The molecule has 2 heterocycles. The van der Waals surface area contributed by atoms with Gasteiger partial charge in [0.15, 0.2) is 0 Å². The Bertz CT molecular complexity index is 580. The minimum absolute atomic E-state index is 0.353. The predicted molar refractivity (Wildman–Crippen MR) is 81.7 cm³/mol. The van der Waals surface area contributed by atoms with Crippen molar-refractivity contribution in [2.45, 2.75) is 47.2 Å². The number of aromatic nitrogens is 2. The van der Waals surface area contributed by atoms with Crippen molar-refractivity contribution in [3.63, 3.8) is 0 Å². The number of nitrogens with zero attached hydrogens (tertiary/aromatic N) is 2. The van der Waals surface area contributed by atoms with Crippen LogP contribution in [0.5, 0.6) is 0 Å². The third-order valence-electron chi connectivity index (χ3n) is 3.81. The Morgan fingerprint density at radius 3 is 2.47 bits per heavy atom. The van der Waals surface area contributed by atoms with Gasteiger partial charge in [-0.1, -0.05) is 0 Å². The van der Waals surface area contributed by atoms with Crippen LogP contribution in [-0.4, -0.2) is 9.55 Å². The summed E-state index contributed by atoms with van der Waals surface area (Å²) in [5.41, 5.74) is 5.19. The number of hydrogen-bond donors (Lipinski definition) is 1. The maximum Gasteiger partial charge on any atom is 0.0900 e. The lowest BCUT2D eigenvalue weighted by molar-refractivity contribution is 0.577. The van der Waals surface area contributed by atoms with Gasteiger partial charge in [0, 0.05) is 35.9 Å². The smallest absolute Gasteiger partial charge is 0.0900 e. The Morgan fingerprint density at radius 1 is 1.32 bits per heavy atom. The highest BCUT2D eigenvalue weighted by Crippen LogP contribution is 2.25. The lowest BCUT2D eigenvalue weighted by Crippen LogP contribution is -2.18. The third-order valence-corrected chi connectivity index (χ3v) is 5.07. The van der Waals surface area contributed by atoms with Crippen LogP contribution in [0.4, 0.5) is 0 Å². The second-order valence-electron chi connectivity index (χ2n) is 5.24. The minimum atomic E-state index is 0.353. The van der Waals surface area contributed by atoms with Gasteiger partial charge < -0.3 is 9.88 Å². The molecule has 4 heteroatoms. The Labute approximate surface area is 119 Å².